The van der Waals surface area contributed by atoms with Crippen molar-refractivity contribution in [3.8, 4) is 5.75 Å². The minimum atomic E-state index is -0.390. The van der Waals surface area contributed by atoms with Crippen LogP contribution in [-0.4, -0.2) is 35.6 Å². The molecule has 2 saturated heterocycles. The molecule has 136 valence electrons. The van der Waals surface area contributed by atoms with Gasteiger partial charge in [-0.05, 0) is 42.7 Å². The van der Waals surface area contributed by atoms with Crippen LogP contribution in [0.25, 0.3) is 10.9 Å². The second-order valence-electron chi connectivity index (χ2n) is 7.35. The van der Waals surface area contributed by atoms with Crippen LogP contribution in [0.4, 0.5) is 0 Å². The Morgan fingerprint density at radius 3 is 2.96 bits per heavy atom. The van der Waals surface area contributed by atoms with Gasteiger partial charge in [0.1, 0.15) is 11.8 Å². The molecule has 0 saturated carbocycles. The molecule has 2 aromatic rings. The average Bonchev–Trinajstić information content (AvgIpc) is 2.82. The highest BCUT2D eigenvalue weighted by atomic mass is 16.5. The van der Waals surface area contributed by atoms with Crippen LogP contribution in [0.5, 0.6) is 5.75 Å². The lowest BCUT2D eigenvalue weighted by Crippen LogP contribution is -2.59. The van der Waals surface area contributed by atoms with Crippen molar-refractivity contribution in [1.82, 2.24) is 9.88 Å². The predicted octanol–water partition coefficient (Wildman–Crippen LogP) is 4.48. The fraction of sp³-hybridized carbons (Fsp3) is 0.476. The minimum absolute atomic E-state index is 0.146. The molecule has 2 aliphatic rings. The number of ether oxygens (including phenoxy) is 1. The highest BCUT2D eigenvalue weighted by Crippen LogP contribution is 2.42. The topological polar surface area (TPSA) is 54.8 Å². The summed E-state index contributed by atoms with van der Waals surface area (Å²) in [5.74, 6) is 1.31. The predicted molar refractivity (Wildman–Crippen MR) is 103 cm³/mol. The van der Waals surface area contributed by atoms with Crippen LogP contribution in [0.15, 0.2) is 48.3 Å². The van der Waals surface area contributed by atoms with E-state index in [2.05, 4.69) is 27.7 Å². The maximum absolute atomic E-state index is 12.0. The van der Waals surface area contributed by atoms with E-state index in [9.17, 15) is 4.91 Å². The lowest BCUT2D eigenvalue weighted by atomic mass is 9.83. The number of fused-ring (bicyclic) bond motifs is 2. The van der Waals surface area contributed by atoms with Gasteiger partial charge >= 0.3 is 0 Å². The van der Waals surface area contributed by atoms with Gasteiger partial charge in [0, 0.05) is 36.1 Å². The zero-order valence-electron chi connectivity index (χ0n) is 15.2. The van der Waals surface area contributed by atoms with Crippen molar-refractivity contribution in [2.45, 2.75) is 43.8 Å². The summed E-state index contributed by atoms with van der Waals surface area (Å²) in [6.07, 6.45) is 8.38. The van der Waals surface area contributed by atoms with Crippen molar-refractivity contribution in [3.05, 3.63) is 53.6 Å². The van der Waals surface area contributed by atoms with Crippen LogP contribution >= 0.6 is 0 Å². The van der Waals surface area contributed by atoms with E-state index >= 15 is 0 Å². The molecule has 0 aliphatic carbocycles. The number of methoxy groups -OCH3 is 1. The normalized spacial score (nSPS) is 27.0. The molecule has 1 aromatic carbocycles. The summed E-state index contributed by atoms with van der Waals surface area (Å²) in [5, 5.41) is 4.57. The standard InChI is InChI=1S/C21H25N3O2/c1-3-14-13-24-19(14)6-4-5-7-20(24)21(23-25)16-10-11-22-18-9-8-15(26-2)12-17(16)18/h3,8-12,14,19-21H,1,4-7,13H2,2H3/t14?,19?,20?,21-/m1/s1. The lowest BCUT2D eigenvalue weighted by Gasteiger charge is -2.51. The zero-order chi connectivity index (χ0) is 18.1. The fourth-order valence-electron chi connectivity index (χ4n) is 4.68. The average molecular weight is 351 g/mol. The molecule has 4 rings (SSSR count). The molecule has 4 atom stereocenters. The molecular weight excluding hydrogens is 326 g/mol. The zero-order valence-corrected chi connectivity index (χ0v) is 15.2. The van der Waals surface area contributed by atoms with Gasteiger partial charge in [-0.3, -0.25) is 9.88 Å². The van der Waals surface area contributed by atoms with Crippen molar-refractivity contribution >= 4 is 10.9 Å². The Labute approximate surface area is 154 Å². The van der Waals surface area contributed by atoms with Crippen LogP contribution in [0.2, 0.25) is 0 Å². The molecule has 3 unspecified atom stereocenters. The van der Waals surface area contributed by atoms with Gasteiger partial charge in [-0.1, -0.05) is 24.1 Å². The summed E-state index contributed by atoms with van der Waals surface area (Å²) in [5.41, 5.74) is 1.83. The van der Waals surface area contributed by atoms with Gasteiger partial charge in [0.2, 0.25) is 0 Å². The smallest absolute Gasteiger partial charge is 0.133 e. The van der Waals surface area contributed by atoms with Crippen molar-refractivity contribution in [1.29, 1.82) is 0 Å². The summed E-state index contributed by atoms with van der Waals surface area (Å²) in [7, 11) is 1.65. The first kappa shape index (κ1) is 17.2. The Hall–Kier alpha value is -2.27. The molecule has 0 amide bonds. The van der Waals surface area contributed by atoms with Gasteiger partial charge in [-0.25, -0.2) is 0 Å². The van der Waals surface area contributed by atoms with E-state index in [0.29, 0.717) is 12.0 Å². The number of pyridine rings is 1. The summed E-state index contributed by atoms with van der Waals surface area (Å²) in [6.45, 7) is 4.96. The third-order valence-electron chi connectivity index (χ3n) is 6.10. The van der Waals surface area contributed by atoms with E-state index in [-0.39, 0.29) is 12.1 Å². The fourth-order valence-corrected chi connectivity index (χ4v) is 4.68. The summed E-state index contributed by atoms with van der Waals surface area (Å²) in [4.78, 5) is 18.9. The van der Waals surface area contributed by atoms with Gasteiger partial charge in [0.25, 0.3) is 0 Å². The number of rotatable bonds is 5. The maximum Gasteiger partial charge on any atom is 0.133 e. The minimum Gasteiger partial charge on any atom is -0.497 e. The molecule has 0 spiro atoms. The van der Waals surface area contributed by atoms with Gasteiger partial charge < -0.3 is 4.74 Å². The third-order valence-corrected chi connectivity index (χ3v) is 6.10. The summed E-state index contributed by atoms with van der Waals surface area (Å²) >= 11 is 0. The Bertz CT molecular complexity index is 822. The largest absolute Gasteiger partial charge is 0.497 e. The first-order valence-electron chi connectivity index (χ1n) is 9.40. The van der Waals surface area contributed by atoms with Gasteiger partial charge in [-0.15, -0.1) is 6.58 Å². The Morgan fingerprint density at radius 1 is 1.35 bits per heavy atom. The number of hydrogen-bond acceptors (Lipinski definition) is 5. The number of nitrogens with zero attached hydrogens (tertiary/aromatic N) is 3. The van der Waals surface area contributed by atoms with E-state index in [1.54, 1.807) is 13.3 Å². The molecule has 0 radical (unpaired) electrons. The van der Waals surface area contributed by atoms with Crippen LogP contribution in [0.1, 0.15) is 37.3 Å². The monoisotopic (exact) mass is 351 g/mol. The summed E-state index contributed by atoms with van der Waals surface area (Å²) < 4.78 is 5.38. The molecule has 1 aromatic heterocycles. The third kappa shape index (κ3) is 2.80. The molecule has 2 fully saturated rings. The van der Waals surface area contributed by atoms with E-state index in [0.717, 1.165) is 41.6 Å². The van der Waals surface area contributed by atoms with Gasteiger partial charge in [0.15, 0.2) is 0 Å². The molecule has 2 aliphatic heterocycles. The molecule has 26 heavy (non-hydrogen) atoms. The van der Waals surface area contributed by atoms with Crippen LogP contribution in [-0.2, 0) is 0 Å². The highest BCUT2D eigenvalue weighted by molar-refractivity contribution is 5.84. The quantitative estimate of drug-likeness (QED) is 0.589. The van der Waals surface area contributed by atoms with E-state index in [4.69, 9.17) is 4.74 Å². The van der Waals surface area contributed by atoms with Crippen molar-refractivity contribution in [2.24, 2.45) is 11.1 Å². The molecule has 0 bridgehead atoms. The first-order valence-corrected chi connectivity index (χ1v) is 9.40. The van der Waals surface area contributed by atoms with E-state index in [1.165, 1.54) is 12.8 Å². The van der Waals surface area contributed by atoms with Crippen LogP contribution < -0.4 is 4.74 Å². The molecule has 3 heterocycles. The van der Waals surface area contributed by atoms with Crippen molar-refractivity contribution in [2.75, 3.05) is 13.7 Å². The number of aromatic nitrogens is 1. The van der Waals surface area contributed by atoms with Gasteiger partial charge in [-0.2, -0.15) is 4.91 Å². The number of benzene rings is 1. The van der Waals surface area contributed by atoms with Crippen molar-refractivity contribution < 1.29 is 4.74 Å². The second kappa shape index (κ2) is 7.16. The van der Waals surface area contributed by atoms with Crippen LogP contribution in [0, 0.1) is 10.8 Å². The summed E-state index contributed by atoms with van der Waals surface area (Å²) in [6, 6.07) is 8.01. The van der Waals surface area contributed by atoms with Gasteiger partial charge in [0.05, 0.1) is 12.6 Å². The molecule has 5 nitrogen and oxygen atoms in total. The van der Waals surface area contributed by atoms with Crippen molar-refractivity contribution in [3.63, 3.8) is 0 Å². The molecule has 5 heteroatoms. The Balaban J connectivity index is 1.74. The van der Waals surface area contributed by atoms with E-state index in [1.807, 2.05) is 24.3 Å². The lowest BCUT2D eigenvalue weighted by molar-refractivity contribution is -0.00661. The molecular formula is C21H25N3O2. The number of hydrogen-bond donors (Lipinski definition) is 0. The number of nitroso groups, excluding NO2 is 1. The maximum atomic E-state index is 12.0. The first-order chi connectivity index (χ1) is 12.8. The Kier molecular flexibility index (Phi) is 4.72. The molecule has 0 N–H and O–H groups in total. The van der Waals surface area contributed by atoms with E-state index < -0.39 is 0 Å². The highest BCUT2D eigenvalue weighted by Gasteiger charge is 2.45. The van der Waals surface area contributed by atoms with Crippen LogP contribution in [0.3, 0.4) is 0 Å². The SMILES string of the molecule is C=CC1CN2C1CCCCC2[C@H](N=O)c1ccnc2ccc(OC)cc12. The second-order valence-corrected chi connectivity index (χ2v) is 7.35. The Morgan fingerprint density at radius 2 is 2.19 bits per heavy atom.